The number of ether oxygens (including phenoxy) is 1. The average molecular weight is 268 g/mol. The summed E-state index contributed by atoms with van der Waals surface area (Å²) in [5.41, 5.74) is 6.97. The molecule has 2 fully saturated rings. The van der Waals surface area contributed by atoms with Gasteiger partial charge in [-0.25, -0.2) is 4.98 Å². The van der Waals surface area contributed by atoms with Gasteiger partial charge in [-0.1, -0.05) is 11.6 Å². The molecule has 0 radical (unpaired) electrons. The lowest BCUT2D eigenvalue weighted by atomic mass is 9.81. The normalized spacial score (nSPS) is 31.8. The van der Waals surface area contributed by atoms with Gasteiger partial charge in [-0.2, -0.15) is 0 Å². The number of anilines is 1. The Balaban J connectivity index is 1.90. The minimum atomic E-state index is 0.173. The van der Waals surface area contributed by atoms with Crippen LogP contribution in [0.5, 0.6) is 0 Å². The Kier molecular flexibility index (Phi) is 3.18. The molecule has 4 atom stereocenters. The molecule has 0 aromatic carbocycles. The summed E-state index contributed by atoms with van der Waals surface area (Å²) in [6.45, 7) is 0. The van der Waals surface area contributed by atoms with Crippen LogP contribution in [0.25, 0.3) is 0 Å². The van der Waals surface area contributed by atoms with Gasteiger partial charge in [-0.3, -0.25) is 0 Å². The number of nitrogen functional groups attached to an aromatic ring is 1. The van der Waals surface area contributed by atoms with E-state index in [1.54, 1.807) is 6.20 Å². The summed E-state index contributed by atoms with van der Waals surface area (Å²) in [6.07, 6.45) is 5.82. The van der Waals surface area contributed by atoms with Gasteiger partial charge >= 0.3 is 0 Å². The Bertz CT molecular complexity index is 454. The van der Waals surface area contributed by atoms with Crippen LogP contribution in [0.4, 0.5) is 5.82 Å². The number of halogens is 1. The Morgan fingerprint density at radius 3 is 3.00 bits per heavy atom. The number of nitrogens with one attached hydrogen (secondary N) is 1. The molecule has 2 bridgehead atoms. The summed E-state index contributed by atoms with van der Waals surface area (Å²) in [7, 11) is 1.96. The van der Waals surface area contributed by atoms with Crippen LogP contribution in [0.2, 0.25) is 5.02 Å². The van der Waals surface area contributed by atoms with Crippen molar-refractivity contribution in [3.05, 3.63) is 22.8 Å². The van der Waals surface area contributed by atoms with E-state index >= 15 is 0 Å². The molecule has 2 saturated heterocycles. The summed E-state index contributed by atoms with van der Waals surface area (Å²) in [5.74, 6) is 1.03. The second-order valence-corrected chi connectivity index (χ2v) is 5.60. The quantitative estimate of drug-likeness (QED) is 0.881. The number of hydrogen-bond donors (Lipinski definition) is 2. The molecule has 5 heteroatoms. The number of fused-ring (bicyclic) bond motifs is 2. The zero-order chi connectivity index (χ0) is 12.7. The van der Waals surface area contributed by atoms with Crippen molar-refractivity contribution in [2.45, 2.75) is 37.5 Å². The number of aromatic nitrogens is 1. The Hall–Kier alpha value is -0.840. The van der Waals surface area contributed by atoms with Crippen molar-refractivity contribution in [1.29, 1.82) is 0 Å². The fraction of sp³-hybridized carbons (Fsp3) is 0.615. The number of rotatable bonds is 3. The minimum absolute atomic E-state index is 0.173. The van der Waals surface area contributed by atoms with Gasteiger partial charge in [-0.05, 0) is 32.4 Å². The van der Waals surface area contributed by atoms with Crippen LogP contribution < -0.4 is 11.1 Å². The molecular weight excluding hydrogens is 250 g/mol. The lowest BCUT2D eigenvalue weighted by Gasteiger charge is -2.29. The number of hydrogen-bond acceptors (Lipinski definition) is 4. The molecule has 98 valence electrons. The molecule has 3 heterocycles. The summed E-state index contributed by atoms with van der Waals surface area (Å²) < 4.78 is 5.93. The summed E-state index contributed by atoms with van der Waals surface area (Å²) in [6, 6.07) is 2.09. The summed E-state index contributed by atoms with van der Waals surface area (Å²) >= 11 is 6.03. The zero-order valence-corrected chi connectivity index (χ0v) is 11.2. The maximum absolute atomic E-state index is 6.03. The van der Waals surface area contributed by atoms with Gasteiger partial charge in [0.15, 0.2) is 0 Å². The van der Waals surface area contributed by atoms with Gasteiger partial charge in [0.2, 0.25) is 0 Å². The number of nitrogens with two attached hydrogens (primary N) is 1. The Morgan fingerprint density at radius 1 is 1.56 bits per heavy atom. The van der Waals surface area contributed by atoms with Crippen molar-refractivity contribution < 1.29 is 4.74 Å². The third-order valence-corrected chi connectivity index (χ3v) is 4.35. The maximum Gasteiger partial charge on any atom is 0.128 e. The van der Waals surface area contributed by atoms with Crippen LogP contribution in [-0.4, -0.2) is 24.2 Å². The van der Waals surface area contributed by atoms with E-state index < -0.39 is 0 Å². The van der Waals surface area contributed by atoms with Crippen molar-refractivity contribution in [1.82, 2.24) is 10.3 Å². The summed E-state index contributed by atoms with van der Waals surface area (Å²) in [5, 5.41) is 3.98. The Labute approximate surface area is 112 Å². The van der Waals surface area contributed by atoms with Crippen molar-refractivity contribution in [3.8, 4) is 0 Å². The summed E-state index contributed by atoms with van der Waals surface area (Å²) in [4.78, 5) is 4.15. The second-order valence-electron chi connectivity index (χ2n) is 5.17. The first-order chi connectivity index (χ1) is 8.69. The molecular formula is C13H18ClN3O. The van der Waals surface area contributed by atoms with Crippen LogP contribution in [0, 0.1) is 5.92 Å². The molecule has 0 saturated carbocycles. The van der Waals surface area contributed by atoms with E-state index in [-0.39, 0.29) is 6.04 Å². The molecule has 3 rings (SSSR count). The average Bonchev–Trinajstić information content (AvgIpc) is 2.97. The lowest BCUT2D eigenvalue weighted by molar-refractivity contribution is 0.0863. The smallest absolute Gasteiger partial charge is 0.128 e. The van der Waals surface area contributed by atoms with E-state index in [9.17, 15) is 0 Å². The third-order valence-electron chi connectivity index (χ3n) is 4.14. The number of pyridine rings is 1. The molecule has 4 unspecified atom stereocenters. The maximum atomic E-state index is 6.03. The van der Waals surface area contributed by atoms with E-state index in [2.05, 4.69) is 10.3 Å². The highest BCUT2D eigenvalue weighted by molar-refractivity contribution is 6.30. The molecule has 2 aliphatic rings. The van der Waals surface area contributed by atoms with E-state index in [1.807, 2.05) is 13.1 Å². The molecule has 1 aromatic heterocycles. The molecule has 2 aliphatic heterocycles. The van der Waals surface area contributed by atoms with Crippen molar-refractivity contribution in [2.75, 3.05) is 12.8 Å². The first-order valence-electron chi connectivity index (χ1n) is 6.42. The van der Waals surface area contributed by atoms with E-state index in [0.717, 1.165) is 18.4 Å². The van der Waals surface area contributed by atoms with Crippen LogP contribution in [0.1, 0.15) is 30.9 Å². The highest BCUT2D eigenvalue weighted by atomic mass is 35.5. The number of nitrogens with zero attached hydrogens (tertiary/aromatic N) is 1. The second kappa shape index (κ2) is 4.68. The van der Waals surface area contributed by atoms with Gasteiger partial charge in [0.05, 0.1) is 17.2 Å². The predicted molar refractivity (Wildman–Crippen MR) is 71.5 cm³/mol. The largest absolute Gasteiger partial charge is 0.383 e. The first-order valence-corrected chi connectivity index (χ1v) is 6.80. The first kappa shape index (κ1) is 12.2. The van der Waals surface area contributed by atoms with E-state index in [1.165, 1.54) is 6.42 Å². The van der Waals surface area contributed by atoms with Gasteiger partial charge in [0, 0.05) is 23.7 Å². The van der Waals surface area contributed by atoms with Crippen LogP contribution in [0.15, 0.2) is 12.3 Å². The molecule has 0 aliphatic carbocycles. The predicted octanol–water partition coefficient (Wildman–Crippen LogP) is 2.15. The van der Waals surface area contributed by atoms with Crippen LogP contribution >= 0.6 is 11.6 Å². The monoisotopic (exact) mass is 267 g/mol. The zero-order valence-electron chi connectivity index (χ0n) is 10.4. The minimum Gasteiger partial charge on any atom is -0.383 e. The van der Waals surface area contributed by atoms with Crippen molar-refractivity contribution >= 4 is 17.4 Å². The van der Waals surface area contributed by atoms with Gasteiger partial charge in [0.1, 0.15) is 5.82 Å². The molecule has 3 N–H and O–H groups in total. The van der Waals surface area contributed by atoms with Crippen LogP contribution in [0.3, 0.4) is 0 Å². The lowest BCUT2D eigenvalue weighted by Crippen LogP contribution is -2.32. The fourth-order valence-electron chi connectivity index (χ4n) is 3.34. The molecule has 18 heavy (non-hydrogen) atoms. The highest BCUT2D eigenvalue weighted by Gasteiger charge is 2.44. The van der Waals surface area contributed by atoms with E-state index in [4.69, 9.17) is 22.1 Å². The van der Waals surface area contributed by atoms with E-state index in [0.29, 0.717) is 29.0 Å². The van der Waals surface area contributed by atoms with Crippen molar-refractivity contribution in [2.24, 2.45) is 5.92 Å². The topological polar surface area (TPSA) is 60.2 Å². The molecule has 0 amide bonds. The van der Waals surface area contributed by atoms with Gasteiger partial charge < -0.3 is 15.8 Å². The molecule has 1 aromatic rings. The van der Waals surface area contributed by atoms with Gasteiger partial charge in [-0.15, -0.1) is 0 Å². The third kappa shape index (κ3) is 1.98. The van der Waals surface area contributed by atoms with Crippen LogP contribution in [-0.2, 0) is 4.74 Å². The highest BCUT2D eigenvalue weighted by Crippen LogP contribution is 2.45. The fourth-order valence-corrected chi connectivity index (χ4v) is 3.51. The van der Waals surface area contributed by atoms with Gasteiger partial charge in [0.25, 0.3) is 0 Å². The Morgan fingerprint density at radius 2 is 2.39 bits per heavy atom. The molecule has 4 nitrogen and oxygen atoms in total. The SMILES string of the molecule is CNC(c1cc(Cl)cnc1N)C1CC2CCC1O2. The van der Waals surface area contributed by atoms with Crippen molar-refractivity contribution in [3.63, 3.8) is 0 Å². The molecule has 0 spiro atoms. The standard InChI is InChI=1S/C13H18ClN3O/c1-16-12(9-5-8-2-3-11(9)18-8)10-4-7(14)6-17-13(10)15/h4,6,8-9,11-12,16H,2-3,5H2,1H3,(H2,15,17).